The molecule has 0 radical (unpaired) electrons. The molecule has 34 heavy (non-hydrogen) atoms. The maximum atomic E-state index is 12.4. The van der Waals surface area contributed by atoms with Gasteiger partial charge in [-0.15, -0.1) is 0 Å². The maximum Gasteiger partial charge on any atom is 0.262 e. The zero-order valence-corrected chi connectivity index (χ0v) is 19.9. The van der Waals surface area contributed by atoms with Gasteiger partial charge in [0.25, 0.3) is 11.8 Å². The van der Waals surface area contributed by atoms with E-state index in [0.717, 1.165) is 54.7 Å². The van der Waals surface area contributed by atoms with Crippen molar-refractivity contribution in [3.05, 3.63) is 59.2 Å². The number of amides is 3. The van der Waals surface area contributed by atoms with Crippen molar-refractivity contribution < 1.29 is 14.4 Å². The lowest BCUT2D eigenvalue weighted by Crippen LogP contribution is -2.49. The molecule has 1 N–H and O–H groups in total. The van der Waals surface area contributed by atoms with E-state index in [2.05, 4.69) is 40.2 Å². The number of fused-ring (bicyclic) bond motifs is 2. The number of hydrogen-bond donors (Lipinski definition) is 1. The zero-order chi connectivity index (χ0) is 23.7. The number of thiazole rings is 1. The Hall–Kier alpha value is -3.30. The minimum Gasteiger partial charge on any atom is -0.353 e. The van der Waals surface area contributed by atoms with Crippen LogP contribution in [0.25, 0.3) is 10.2 Å². The Kier molecular flexibility index (Phi) is 6.30. The largest absolute Gasteiger partial charge is 0.353 e. The Labute approximate surface area is 202 Å². The van der Waals surface area contributed by atoms with Crippen molar-refractivity contribution in [3.63, 3.8) is 0 Å². The van der Waals surface area contributed by atoms with Gasteiger partial charge in [0, 0.05) is 39.3 Å². The lowest BCUT2D eigenvalue weighted by Gasteiger charge is -2.34. The number of rotatable bonds is 7. The van der Waals surface area contributed by atoms with Gasteiger partial charge in [-0.1, -0.05) is 36.5 Å². The summed E-state index contributed by atoms with van der Waals surface area (Å²) in [6.07, 6.45) is 1.02. The fourth-order valence-electron chi connectivity index (χ4n) is 4.41. The van der Waals surface area contributed by atoms with Gasteiger partial charge in [-0.05, 0) is 36.2 Å². The van der Waals surface area contributed by atoms with E-state index in [0.29, 0.717) is 17.7 Å². The summed E-state index contributed by atoms with van der Waals surface area (Å²) in [7, 11) is 0. The molecule has 9 heteroatoms. The predicted octanol–water partition coefficient (Wildman–Crippen LogP) is 2.39. The van der Waals surface area contributed by atoms with Crippen molar-refractivity contribution in [2.45, 2.75) is 13.3 Å². The molecule has 1 aromatic heterocycles. The molecule has 0 saturated carbocycles. The second-order valence-corrected chi connectivity index (χ2v) is 9.58. The number of imide groups is 1. The van der Waals surface area contributed by atoms with Gasteiger partial charge in [-0.2, -0.15) is 0 Å². The molecule has 3 heterocycles. The molecule has 2 aromatic carbocycles. The van der Waals surface area contributed by atoms with Crippen molar-refractivity contribution in [1.29, 1.82) is 0 Å². The first-order valence-corrected chi connectivity index (χ1v) is 12.4. The average molecular weight is 478 g/mol. The average Bonchev–Trinajstić information content (AvgIpc) is 3.39. The van der Waals surface area contributed by atoms with E-state index in [4.69, 9.17) is 4.98 Å². The van der Waals surface area contributed by atoms with Crippen molar-refractivity contribution in [1.82, 2.24) is 20.1 Å². The number of aromatic nitrogens is 1. The Balaban J connectivity index is 1.07. The molecule has 0 unspecified atom stereocenters. The van der Waals surface area contributed by atoms with E-state index in [1.165, 1.54) is 10.3 Å². The topological polar surface area (TPSA) is 85.8 Å². The molecule has 0 aliphatic carbocycles. The second kappa shape index (κ2) is 9.52. The number of nitrogens with one attached hydrogen (secondary N) is 1. The molecule has 3 aromatic rings. The third-order valence-electron chi connectivity index (χ3n) is 6.42. The number of aryl methyl sites for hydroxylation is 1. The van der Waals surface area contributed by atoms with E-state index >= 15 is 0 Å². The summed E-state index contributed by atoms with van der Waals surface area (Å²) in [6, 6.07) is 13.1. The van der Waals surface area contributed by atoms with Crippen LogP contribution in [-0.2, 0) is 11.2 Å². The molecule has 3 amide bonds. The van der Waals surface area contributed by atoms with Gasteiger partial charge in [0.1, 0.15) is 6.54 Å². The predicted molar refractivity (Wildman–Crippen MR) is 132 cm³/mol. The van der Waals surface area contributed by atoms with Crippen LogP contribution >= 0.6 is 11.3 Å². The Bertz CT molecular complexity index is 1210. The van der Waals surface area contributed by atoms with Gasteiger partial charge in [-0.3, -0.25) is 24.2 Å². The molecule has 5 rings (SSSR count). The normalized spacial score (nSPS) is 16.4. The molecular weight excluding hydrogens is 450 g/mol. The van der Waals surface area contributed by atoms with Gasteiger partial charge in [0.15, 0.2) is 5.13 Å². The summed E-state index contributed by atoms with van der Waals surface area (Å²) in [4.78, 5) is 47.6. The summed E-state index contributed by atoms with van der Waals surface area (Å²) in [6.45, 7) is 6.68. The van der Waals surface area contributed by atoms with E-state index in [1.807, 2.05) is 0 Å². The minimum atomic E-state index is -0.410. The molecule has 176 valence electrons. The van der Waals surface area contributed by atoms with Crippen LogP contribution < -0.4 is 10.2 Å². The molecule has 8 nitrogen and oxygen atoms in total. The first-order chi connectivity index (χ1) is 16.5. The minimum absolute atomic E-state index is 0.253. The highest BCUT2D eigenvalue weighted by Crippen LogP contribution is 2.30. The van der Waals surface area contributed by atoms with E-state index in [-0.39, 0.29) is 12.5 Å². The molecule has 2 aliphatic rings. The molecule has 1 saturated heterocycles. The quantitative estimate of drug-likeness (QED) is 0.526. The maximum absolute atomic E-state index is 12.4. The van der Waals surface area contributed by atoms with Gasteiger partial charge >= 0.3 is 0 Å². The van der Waals surface area contributed by atoms with Crippen LogP contribution in [-0.4, -0.2) is 78.3 Å². The number of nitrogens with zero attached hydrogens (tertiary/aromatic N) is 4. The van der Waals surface area contributed by atoms with Crippen molar-refractivity contribution in [2.75, 3.05) is 50.7 Å². The summed E-state index contributed by atoms with van der Waals surface area (Å²) >= 11 is 1.75. The van der Waals surface area contributed by atoms with Crippen LogP contribution in [0.4, 0.5) is 5.13 Å². The van der Waals surface area contributed by atoms with Crippen LogP contribution in [0.5, 0.6) is 0 Å². The van der Waals surface area contributed by atoms with Gasteiger partial charge in [0.2, 0.25) is 5.91 Å². The van der Waals surface area contributed by atoms with Gasteiger partial charge in [-0.25, -0.2) is 4.98 Å². The third kappa shape index (κ3) is 4.41. The van der Waals surface area contributed by atoms with E-state index in [1.54, 1.807) is 35.6 Å². The lowest BCUT2D eigenvalue weighted by molar-refractivity contribution is -0.121. The summed E-state index contributed by atoms with van der Waals surface area (Å²) in [5.74, 6) is -1.14. The van der Waals surface area contributed by atoms with E-state index < -0.39 is 11.8 Å². The smallest absolute Gasteiger partial charge is 0.262 e. The lowest BCUT2D eigenvalue weighted by atomic mass is 10.1. The highest BCUT2D eigenvalue weighted by atomic mass is 32.1. The molecule has 1 fully saturated rings. The highest BCUT2D eigenvalue weighted by molar-refractivity contribution is 7.22. The van der Waals surface area contributed by atoms with Gasteiger partial charge in [0.05, 0.1) is 21.3 Å². The van der Waals surface area contributed by atoms with E-state index in [9.17, 15) is 14.4 Å². The Morgan fingerprint density at radius 3 is 2.41 bits per heavy atom. The first-order valence-electron chi connectivity index (χ1n) is 11.6. The number of hydrogen-bond acceptors (Lipinski definition) is 7. The van der Waals surface area contributed by atoms with Crippen molar-refractivity contribution in [3.8, 4) is 0 Å². The van der Waals surface area contributed by atoms with Crippen LogP contribution in [0.2, 0.25) is 0 Å². The molecule has 2 aliphatic heterocycles. The fourth-order valence-corrected chi connectivity index (χ4v) is 5.49. The Morgan fingerprint density at radius 1 is 1.03 bits per heavy atom. The summed E-state index contributed by atoms with van der Waals surface area (Å²) in [5, 5.41) is 3.91. The number of carbonyl (C=O) groups is 3. The number of benzene rings is 2. The standard InChI is InChI=1S/C25H27N5O3S/c1-2-17-7-8-20-21(15-17)34-25(27-20)29-13-11-28(12-14-29)10-9-26-22(31)16-30-23(32)18-5-3-4-6-19(18)24(30)33/h3-8,15H,2,9-14,16H2,1H3,(H,26,31). The molecular formula is C25H27N5O3S. The fraction of sp³-hybridized carbons (Fsp3) is 0.360. The summed E-state index contributed by atoms with van der Waals surface area (Å²) < 4.78 is 1.23. The van der Waals surface area contributed by atoms with Crippen LogP contribution in [0.15, 0.2) is 42.5 Å². The number of carbonyl (C=O) groups excluding carboxylic acids is 3. The third-order valence-corrected chi connectivity index (χ3v) is 7.50. The van der Waals surface area contributed by atoms with Crippen LogP contribution in [0, 0.1) is 0 Å². The highest BCUT2D eigenvalue weighted by Gasteiger charge is 2.36. The summed E-state index contributed by atoms with van der Waals surface area (Å²) in [5.41, 5.74) is 3.10. The SMILES string of the molecule is CCc1ccc2nc(N3CCN(CCNC(=O)CN4C(=O)c5ccccc5C4=O)CC3)sc2c1. The van der Waals surface area contributed by atoms with Crippen LogP contribution in [0.1, 0.15) is 33.2 Å². The zero-order valence-electron chi connectivity index (χ0n) is 19.1. The molecule has 0 spiro atoms. The molecule has 0 atom stereocenters. The van der Waals surface area contributed by atoms with Crippen molar-refractivity contribution in [2.24, 2.45) is 0 Å². The van der Waals surface area contributed by atoms with Crippen molar-refractivity contribution >= 4 is 44.4 Å². The van der Waals surface area contributed by atoms with Gasteiger partial charge < -0.3 is 10.2 Å². The Morgan fingerprint density at radius 2 is 1.74 bits per heavy atom. The number of piperazine rings is 1. The monoisotopic (exact) mass is 477 g/mol. The van der Waals surface area contributed by atoms with Crippen LogP contribution in [0.3, 0.4) is 0 Å². The second-order valence-electron chi connectivity index (χ2n) is 8.57. The number of anilines is 1. The first kappa shape index (κ1) is 22.5. The molecule has 0 bridgehead atoms.